The number of hydrogen-bond donors (Lipinski definition) is 0. The summed E-state index contributed by atoms with van der Waals surface area (Å²) in [5.74, 6) is 1.19. The molecule has 0 unspecified atom stereocenters. The topological polar surface area (TPSA) is 86.6 Å². The van der Waals surface area contributed by atoms with Crippen molar-refractivity contribution >= 4 is 10.0 Å². The Bertz CT molecular complexity index is 908. The molecule has 27 heavy (non-hydrogen) atoms. The molecule has 1 fully saturated rings. The summed E-state index contributed by atoms with van der Waals surface area (Å²) in [6, 6.07) is 6.57. The van der Waals surface area contributed by atoms with Crippen molar-refractivity contribution in [1.29, 1.82) is 0 Å². The lowest BCUT2D eigenvalue weighted by atomic mass is 10.3. The third-order valence-electron chi connectivity index (χ3n) is 4.99. The monoisotopic (exact) mass is 392 g/mol. The lowest BCUT2D eigenvalue weighted by molar-refractivity contribution is 0.108. The van der Waals surface area contributed by atoms with Crippen molar-refractivity contribution in [2.24, 2.45) is 5.92 Å². The fraction of sp³-hybridized carbons (Fsp3) is 0.556. The molecule has 1 aliphatic carbocycles. The summed E-state index contributed by atoms with van der Waals surface area (Å²) in [7, 11) is -2.11. The van der Waals surface area contributed by atoms with Crippen LogP contribution in [-0.2, 0) is 34.5 Å². The zero-order chi connectivity index (χ0) is 18.9. The number of methoxy groups -OCH3 is 1. The number of ether oxygens (including phenoxy) is 2. The van der Waals surface area contributed by atoms with Gasteiger partial charge < -0.3 is 9.47 Å². The SMILES string of the molecule is COc1cccc(S(=O)(=O)N2CCCn3nnc(COCC4CC4)c3C2)c1. The average Bonchev–Trinajstić information content (AvgIpc) is 3.46. The Labute approximate surface area is 159 Å². The quantitative estimate of drug-likeness (QED) is 0.714. The first-order valence-electron chi connectivity index (χ1n) is 9.21. The lowest BCUT2D eigenvalue weighted by Gasteiger charge is -2.20. The van der Waals surface area contributed by atoms with Crippen LogP contribution in [0.1, 0.15) is 30.7 Å². The van der Waals surface area contributed by atoms with Gasteiger partial charge in [-0.25, -0.2) is 13.1 Å². The molecule has 2 aromatic rings. The smallest absolute Gasteiger partial charge is 0.243 e. The van der Waals surface area contributed by atoms with Gasteiger partial charge in [-0.2, -0.15) is 4.31 Å². The highest BCUT2D eigenvalue weighted by atomic mass is 32.2. The maximum absolute atomic E-state index is 13.2. The van der Waals surface area contributed by atoms with Gasteiger partial charge in [-0.3, -0.25) is 0 Å². The molecular formula is C18H24N4O4S. The molecule has 0 amide bonds. The predicted octanol–water partition coefficient (Wildman–Crippen LogP) is 1.81. The lowest BCUT2D eigenvalue weighted by Crippen LogP contribution is -2.31. The molecule has 146 valence electrons. The highest BCUT2D eigenvalue weighted by Crippen LogP contribution is 2.29. The van der Waals surface area contributed by atoms with Crippen molar-refractivity contribution in [2.75, 3.05) is 20.3 Å². The summed E-state index contributed by atoms with van der Waals surface area (Å²) in [5.41, 5.74) is 1.54. The predicted molar refractivity (Wildman–Crippen MR) is 97.6 cm³/mol. The molecule has 8 nitrogen and oxygen atoms in total. The summed E-state index contributed by atoms with van der Waals surface area (Å²) in [6.07, 6.45) is 3.14. The largest absolute Gasteiger partial charge is 0.497 e. The fourth-order valence-corrected chi connectivity index (χ4v) is 4.67. The number of fused-ring (bicyclic) bond motifs is 1. The summed E-state index contributed by atoms with van der Waals surface area (Å²) >= 11 is 0. The molecule has 0 N–H and O–H groups in total. The second-order valence-electron chi connectivity index (χ2n) is 7.04. The molecule has 1 aliphatic heterocycles. The normalized spacial score (nSPS) is 18.1. The molecule has 0 saturated heterocycles. The minimum Gasteiger partial charge on any atom is -0.497 e. The van der Waals surface area contributed by atoms with Crippen LogP contribution in [0.2, 0.25) is 0 Å². The van der Waals surface area contributed by atoms with E-state index >= 15 is 0 Å². The van der Waals surface area contributed by atoms with E-state index in [1.807, 2.05) is 0 Å². The molecule has 9 heteroatoms. The standard InChI is InChI=1S/C18H24N4O4S/c1-25-15-4-2-5-16(10-15)27(23,24)21-8-3-9-22-18(11-21)17(19-20-22)13-26-12-14-6-7-14/h2,4-5,10,14H,3,6-9,11-13H2,1H3. The first kappa shape index (κ1) is 18.4. The van der Waals surface area contributed by atoms with Crippen LogP contribution in [0, 0.1) is 5.92 Å². The van der Waals surface area contributed by atoms with E-state index in [9.17, 15) is 8.42 Å². The van der Waals surface area contributed by atoms with Crippen molar-refractivity contribution in [3.63, 3.8) is 0 Å². The van der Waals surface area contributed by atoms with E-state index in [4.69, 9.17) is 9.47 Å². The van der Waals surface area contributed by atoms with Crippen LogP contribution in [0.5, 0.6) is 5.75 Å². The van der Waals surface area contributed by atoms with E-state index in [1.54, 1.807) is 28.9 Å². The van der Waals surface area contributed by atoms with Crippen molar-refractivity contribution < 1.29 is 17.9 Å². The minimum atomic E-state index is -3.64. The van der Waals surface area contributed by atoms with Gasteiger partial charge in [-0.15, -0.1) is 5.10 Å². The van der Waals surface area contributed by atoms with E-state index in [-0.39, 0.29) is 11.4 Å². The Hall–Kier alpha value is -1.97. The van der Waals surface area contributed by atoms with Crippen LogP contribution in [0.3, 0.4) is 0 Å². The molecule has 1 aromatic carbocycles. The van der Waals surface area contributed by atoms with Crippen LogP contribution in [0.25, 0.3) is 0 Å². The van der Waals surface area contributed by atoms with Gasteiger partial charge in [0.05, 0.1) is 30.9 Å². The van der Waals surface area contributed by atoms with Crippen molar-refractivity contribution in [3.8, 4) is 5.75 Å². The van der Waals surface area contributed by atoms with Crippen LogP contribution < -0.4 is 4.74 Å². The van der Waals surface area contributed by atoms with Crippen molar-refractivity contribution in [3.05, 3.63) is 35.7 Å². The Morgan fingerprint density at radius 1 is 1.26 bits per heavy atom. The summed E-state index contributed by atoms with van der Waals surface area (Å²) in [4.78, 5) is 0.231. The molecule has 2 heterocycles. The highest BCUT2D eigenvalue weighted by Gasteiger charge is 2.30. The Kier molecular flexibility index (Phi) is 5.16. The number of sulfonamides is 1. The number of benzene rings is 1. The highest BCUT2D eigenvalue weighted by molar-refractivity contribution is 7.89. The maximum atomic E-state index is 13.2. The summed E-state index contributed by atoms with van der Waals surface area (Å²) in [6.45, 7) is 2.44. The maximum Gasteiger partial charge on any atom is 0.243 e. The Balaban J connectivity index is 1.55. The average molecular weight is 392 g/mol. The number of rotatable bonds is 7. The van der Waals surface area contributed by atoms with Gasteiger partial charge in [0.25, 0.3) is 0 Å². The molecule has 1 saturated carbocycles. The van der Waals surface area contributed by atoms with Gasteiger partial charge in [0, 0.05) is 25.8 Å². The second-order valence-corrected chi connectivity index (χ2v) is 8.97. The van der Waals surface area contributed by atoms with E-state index in [0.717, 1.165) is 18.0 Å². The van der Waals surface area contributed by atoms with Crippen LogP contribution in [-0.4, -0.2) is 48.0 Å². The van der Waals surface area contributed by atoms with Crippen LogP contribution in [0.15, 0.2) is 29.2 Å². The van der Waals surface area contributed by atoms with Gasteiger partial charge in [-0.1, -0.05) is 11.3 Å². The van der Waals surface area contributed by atoms with Gasteiger partial charge in [-0.05, 0) is 37.3 Å². The summed E-state index contributed by atoms with van der Waals surface area (Å²) < 4.78 is 40.5. The minimum absolute atomic E-state index is 0.231. The van der Waals surface area contributed by atoms with E-state index in [1.165, 1.54) is 24.3 Å². The summed E-state index contributed by atoms with van der Waals surface area (Å²) in [5, 5.41) is 8.41. The first-order chi connectivity index (χ1) is 13.1. The number of hydrogen-bond acceptors (Lipinski definition) is 6. The van der Waals surface area contributed by atoms with Crippen LogP contribution in [0.4, 0.5) is 0 Å². The Morgan fingerprint density at radius 3 is 2.89 bits per heavy atom. The third kappa shape index (κ3) is 3.99. The first-order valence-corrected chi connectivity index (χ1v) is 10.6. The van der Waals surface area contributed by atoms with Crippen molar-refractivity contribution in [2.45, 2.75) is 43.9 Å². The molecule has 0 radical (unpaired) electrons. The molecule has 0 bridgehead atoms. The molecule has 4 rings (SSSR count). The van der Waals surface area contributed by atoms with E-state index < -0.39 is 10.0 Å². The van der Waals surface area contributed by atoms with Gasteiger partial charge in [0.2, 0.25) is 10.0 Å². The molecular weight excluding hydrogens is 368 g/mol. The van der Waals surface area contributed by atoms with Crippen LogP contribution >= 0.6 is 0 Å². The number of nitrogens with zero attached hydrogens (tertiary/aromatic N) is 4. The van der Waals surface area contributed by atoms with Gasteiger partial charge >= 0.3 is 0 Å². The third-order valence-corrected chi connectivity index (χ3v) is 6.83. The molecule has 0 spiro atoms. The zero-order valence-electron chi connectivity index (χ0n) is 15.4. The molecule has 2 aliphatic rings. The zero-order valence-corrected chi connectivity index (χ0v) is 16.2. The second kappa shape index (κ2) is 7.57. The van der Waals surface area contributed by atoms with Gasteiger partial charge in [0.15, 0.2) is 0 Å². The van der Waals surface area contributed by atoms with E-state index in [0.29, 0.717) is 37.8 Å². The number of aryl methyl sites for hydroxylation is 1. The molecule has 0 atom stereocenters. The molecule has 1 aromatic heterocycles. The number of aromatic nitrogens is 3. The fourth-order valence-electron chi connectivity index (χ4n) is 3.20. The van der Waals surface area contributed by atoms with Crippen molar-refractivity contribution in [1.82, 2.24) is 19.3 Å². The van der Waals surface area contributed by atoms with E-state index in [2.05, 4.69) is 10.3 Å². The van der Waals surface area contributed by atoms with Gasteiger partial charge in [0.1, 0.15) is 11.4 Å². The Morgan fingerprint density at radius 2 is 2.11 bits per heavy atom.